The van der Waals surface area contributed by atoms with Gasteiger partial charge >= 0.3 is 0 Å². The van der Waals surface area contributed by atoms with Crippen LogP contribution in [0.2, 0.25) is 0 Å². The first-order valence-electron chi connectivity index (χ1n) is 5.92. The molecule has 5 nitrogen and oxygen atoms in total. The van der Waals surface area contributed by atoms with E-state index >= 15 is 0 Å². The smallest absolute Gasteiger partial charge is 0.135 e. The van der Waals surface area contributed by atoms with Crippen LogP contribution in [-0.2, 0) is 13.0 Å². The first-order valence-corrected chi connectivity index (χ1v) is 6.80. The average molecular weight is 263 g/mol. The Balaban J connectivity index is 2.20. The number of hydrogen-bond acceptors (Lipinski definition) is 6. The quantitative estimate of drug-likeness (QED) is 0.867. The van der Waals surface area contributed by atoms with Gasteiger partial charge in [-0.15, -0.1) is 11.3 Å². The topological polar surface area (TPSA) is 62.7 Å². The lowest BCUT2D eigenvalue weighted by Gasteiger charge is -2.12. The summed E-state index contributed by atoms with van der Waals surface area (Å²) in [5.41, 5.74) is 1.03. The van der Waals surface area contributed by atoms with Crippen LogP contribution in [0.3, 0.4) is 0 Å². The predicted molar refractivity (Wildman–Crippen MR) is 75.1 cm³/mol. The highest BCUT2D eigenvalue weighted by atomic mass is 32.1. The summed E-state index contributed by atoms with van der Waals surface area (Å²) < 4.78 is 0. The summed E-state index contributed by atoms with van der Waals surface area (Å²) in [6, 6.07) is 0. The van der Waals surface area contributed by atoms with Crippen LogP contribution < -0.4 is 10.6 Å². The molecule has 0 saturated heterocycles. The summed E-state index contributed by atoms with van der Waals surface area (Å²) >= 11 is 1.64. The van der Waals surface area contributed by atoms with Crippen LogP contribution in [0.25, 0.3) is 0 Å². The van der Waals surface area contributed by atoms with Crippen molar-refractivity contribution in [2.75, 3.05) is 17.7 Å². The van der Waals surface area contributed by atoms with Crippen molar-refractivity contribution in [1.29, 1.82) is 0 Å². The Morgan fingerprint density at radius 2 is 2.06 bits per heavy atom. The van der Waals surface area contributed by atoms with E-state index in [2.05, 4.69) is 32.5 Å². The van der Waals surface area contributed by atoms with E-state index in [9.17, 15) is 0 Å². The molecule has 2 heterocycles. The fourth-order valence-electron chi connectivity index (χ4n) is 1.64. The maximum Gasteiger partial charge on any atom is 0.135 e. The maximum absolute atomic E-state index is 4.51. The number of aromatic nitrogens is 3. The standard InChI is InChI=1S/C12H17N5S/c1-4-9-16-11(13-3)8(2)12(17-9)15-7-10-14-5-6-18-10/h5-6H,4,7H2,1-3H3,(H2,13,15,16,17). The van der Waals surface area contributed by atoms with Gasteiger partial charge in [-0.05, 0) is 6.92 Å². The van der Waals surface area contributed by atoms with Crippen molar-refractivity contribution in [3.63, 3.8) is 0 Å². The van der Waals surface area contributed by atoms with E-state index in [-0.39, 0.29) is 0 Å². The van der Waals surface area contributed by atoms with Crippen molar-refractivity contribution < 1.29 is 0 Å². The molecule has 0 amide bonds. The highest BCUT2D eigenvalue weighted by Crippen LogP contribution is 2.20. The lowest BCUT2D eigenvalue weighted by atomic mass is 10.3. The number of anilines is 2. The molecule has 0 aliphatic rings. The first kappa shape index (κ1) is 12.8. The fourth-order valence-corrected chi connectivity index (χ4v) is 2.19. The minimum atomic E-state index is 0.696. The number of thiazole rings is 1. The van der Waals surface area contributed by atoms with Crippen molar-refractivity contribution in [3.8, 4) is 0 Å². The van der Waals surface area contributed by atoms with Crippen LogP contribution in [0, 0.1) is 6.92 Å². The van der Waals surface area contributed by atoms with E-state index in [0.29, 0.717) is 6.54 Å². The van der Waals surface area contributed by atoms with E-state index in [1.165, 1.54) is 0 Å². The molecule has 0 aliphatic carbocycles. The highest BCUT2D eigenvalue weighted by Gasteiger charge is 2.09. The van der Waals surface area contributed by atoms with E-state index < -0.39 is 0 Å². The van der Waals surface area contributed by atoms with E-state index in [1.54, 1.807) is 11.3 Å². The van der Waals surface area contributed by atoms with Crippen molar-refractivity contribution in [1.82, 2.24) is 15.0 Å². The molecule has 0 aliphatic heterocycles. The Morgan fingerprint density at radius 1 is 1.28 bits per heavy atom. The molecule has 2 aromatic rings. The minimum absolute atomic E-state index is 0.696. The number of nitrogens with one attached hydrogen (secondary N) is 2. The molecule has 0 aromatic carbocycles. The van der Waals surface area contributed by atoms with Crippen LogP contribution in [0.5, 0.6) is 0 Å². The SMILES string of the molecule is CCc1nc(NC)c(C)c(NCc2nccs2)n1. The van der Waals surface area contributed by atoms with Crippen LogP contribution in [0.1, 0.15) is 23.3 Å². The number of rotatable bonds is 5. The Labute approximate surface area is 111 Å². The van der Waals surface area contributed by atoms with Gasteiger partial charge in [0.25, 0.3) is 0 Å². The third kappa shape index (κ3) is 2.76. The van der Waals surface area contributed by atoms with Gasteiger partial charge in [-0.25, -0.2) is 15.0 Å². The van der Waals surface area contributed by atoms with Gasteiger partial charge in [0.1, 0.15) is 22.5 Å². The van der Waals surface area contributed by atoms with Gasteiger partial charge in [0, 0.05) is 30.6 Å². The molecular formula is C12H17N5S. The molecule has 96 valence electrons. The minimum Gasteiger partial charge on any atom is -0.373 e. The number of nitrogens with zero attached hydrogens (tertiary/aromatic N) is 3. The van der Waals surface area contributed by atoms with Crippen LogP contribution >= 0.6 is 11.3 Å². The van der Waals surface area contributed by atoms with Crippen molar-refractivity contribution in [2.24, 2.45) is 0 Å². The Bertz CT molecular complexity index is 509. The molecule has 0 atom stereocenters. The van der Waals surface area contributed by atoms with Crippen molar-refractivity contribution >= 4 is 23.0 Å². The third-order valence-corrected chi connectivity index (χ3v) is 3.42. The molecule has 0 unspecified atom stereocenters. The van der Waals surface area contributed by atoms with Gasteiger partial charge in [-0.1, -0.05) is 6.92 Å². The van der Waals surface area contributed by atoms with Crippen molar-refractivity contribution in [3.05, 3.63) is 28.0 Å². The van der Waals surface area contributed by atoms with Crippen LogP contribution in [0.15, 0.2) is 11.6 Å². The molecular weight excluding hydrogens is 246 g/mol. The maximum atomic E-state index is 4.51. The van der Waals surface area contributed by atoms with Crippen molar-refractivity contribution in [2.45, 2.75) is 26.8 Å². The first-order chi connectivity index (χ1) is 8.74. The monoisotopic (exact) mass is 263 g/mol. The Kier molecular flexibility index (Phi) is 4.09. The second-order valence-electron chi connectivity index (χ2n) is 3.84. The zero-order valence-corrected chi connectivity index (χ0v) is 11.6. The second-order valence-corrected chi connectivity index (χ2v) is 4.82. The molecule has 0 fully saturated rings. The molecule has 2 N–H and O–H groups in total. The zero-order chi connectivity index (χ0) is 13.0. The second kappa shape index (κ2) is 5.77. The van der Waals surface area contributed by atoms with E-state index in [1.807, 2.05) is 25.5 Å². The number of hydrogen-bond donors (Lipinski definition) is 2. The molecule has 0 bridgehead atoms. The molecule has 2 aromatic heterocycles. The van der Waals surface area contributed by atoms with Gasteiger partial charge in [-0.3, -0.25) is 0 Å². The molecule has 18 heavy (non-hydrogen) atoms. The molecule has 0 saturated carbocycles. The lowest BCUT2D eigenvalue weighted by molar-refractivity contribution is 0.923. The molecule has 0 spiro atoms. The fraction of sp³-hybridized carbons (Fsp3) is 0.417. The zero-order valence-electron chi connectivity index (χ0n) is 10.8. The van der Waals surface area contributed by atoms with Crippen LogP contribution in [-0.4, -0.2) is 22.0 Å². The van der Waals surface area contributed by atoms with Gasteiger partial charge in [0.15, 0.2) is 0 Å². The Morgan fingerprint density at radius 3 is 2.67 bits per heavy atom. The third-order valence-electron chi connectivity index (χ3n) is 2.64. The largest absolute Gasteiger partial charge is 0.373 e. The molecule has 2 rings (SSSR count). The lowest BCUT2D eigenvalue weighted by Crippen LogP contribution is -2.09. The molecule has 0 radical (unpaired) electrons. The predicted octanol–water partition coefficient (Wildman–Crippen LogP) is 2.46. The summed E-state index contributed by atoms with van der Waals surface area (Å²) in [4.78, 5) is 13.2. The van der Waals surface area contributed by atoms with Gasteiger partial charge < -0.3 is 10.6 Å². The molecule has 6 heteroatoms. The Hall–Kier alpha value is -1.69. The highest BCUT2D eigenvalue weighted by molar-refractivity contribution is 7.09. The summed E-state index contributed by atoms with van der Waals surface area (Å²) in [7, 11) is 1.87. The van der Waals surface area contributed by atoms with E-state index in [4.69, 9.17) is 0 Å². The normalized spacial score (nSPS) is 10.4. The van der Waals surface area contributed by atoms with Gasteiger partial charge in [0.05, 0.1) is 6.54 Å². The van der Waals surface area contributed by atoms with Crippen LogP contribution in [0.4, 0.5) is 11.6 Å². The number of aryl methyl sites for hydroxylation is 1. The summed E-state index contributed by atoms with van der Waals surface area (Å²) in [6.45, 7) is 4.76. The summed E-state index contributed by atoms with van der Waals surface area (Å²) in [6.07, 6.45) is 2.63. The van der Waals surface area contributed by atoms with Gasteiger partial charge in [0.2, 0.25) is 0 Å². The summed E-state index contributed by atoms with van der Waals surface area (Å²) in [5, 5.41) is 9.45. The average Bonchev–Trinajstić information content (AvgIpc) is 2.90. The van der Waals surface area contributed by atoms with E-state index in [0.717, 1.165) is 34.5 Å². The summed E-state index contributed by atoms with van der Waals surface area (Å²) in [5.74, 6) is 2.59. The van der Waals surface area contributed by atoms with Gasteiger partial charge in [-0.2, -0.15) is 0 Å².